The lowest BCUT2D eigenvalue weighted by Gasteiger charge is -2.07. The van der Waals surface area contributed by atoms with Crippen molar-refractivity contribution in [2.24, 2.45) is 7.05 Å². The Bertz CT molecular complexity index is 626. The van der Waals surface area contributed by atoms with Gasteiger partial charge in [0.2, 0.25) is 0 Å². The van der Waals surface area contributed by atoms with Crippen molar-refractivity contribution in [2.75, 3.05) is 5.32 Å². The Morgan fingerprint density at radius 3 is 2.80 bits per heavy atom. The summed E-state index contributed by atoms with van der Waals surface area (Å²) in [5, 5.41) is 6.66. The summed E-state index contributed by atoms with van der Waals surface area (Å²) < 4.78 is 30.1. The van der Waals surface area contributed by atoms with Crippen LogP contribution in [0.4, 0.5) is 14.5 Å². The van der Waals surface area contributed by atoms with Crippen molar-refractivity contribution < 1.29 is 18.3 Å². The predicted molar refractivity (Wildman–Crippen MR) is 69.0 cm³/mol. The quantitative estimate of drug-likeness (QED) is 0.937. The Kier molecular flexibility index (Phi) is 3.97. The highest BCUT2D eigenvalue weighted by Crippen LogP contribution is 2.18. The summed E-state index contributed by atoms with van der Waals surface area (Å²) in [7, 11) is 1.75. The normalized spacial score (nSPS) is 10.7. The molecule has 0 saturated carbocycles. The van der Waals surface area contributed by atoms with Gasteiger partial charge in [-0.05, 0) is 25.1 Å². The van der Waals surface area contributed by atoms with Crippen LogP contribution in [-0.2, 0) is 7.05 Å². The van der Waals surface area contributed by atoms with Gasteiger partial charge in [-0.1, -0.05) is 6.07 Å². The summed E-state index contributed by atoms with van der Waals surface area (Å²) >= 11 is 0. The smallest absolute Gasteiger partial charge is 0.387 e. The lowest BCUT2D eigenvalue weighted by Crippen LogP contribution is -2.13. The molecule has 0 radical (unpaired) electrons. The summed E-state index contributed by atoms with van der Waals surface area (Å²) in [6.45, 7) is -1.12. The molecule has 106 valence electrons. The average Bonchev–Trinajstić information content (AvgIpc) is 2.70. The van der Waals surface area contributed by atoms with E-state index in [1.807, 2.05) is 0 Å². The fourth-order valence-electron chi connectivity index (χ4n) is 1.63. The van der Waals surface area contributed by atoms with Gasteiger partial charge in [0.15, 0.2) is 0 Å². The summed E-state index contributed by atoms with van der Waals surface area (Å²) in [6.07, 6.45) is 1.52. The number of aryl methyl sites for hydroxylation is 1. The molecule has 0 aliphatic carbocycles. The van der Waals surface area contributed by atoms with Crippen LogP contribution >= 0.6 is 0 Å². The van der Waals surface area contributed by atoms with Crippen LogP contribution in [0.3, 0.4) is 0 Å². The zero-order valence-corrected chi connectivity index (χ0v) is 10.9. The van der Waals surface area contributed by atoms with Crippen molar-refractivity contribution in [3.63, 3.8) is 0 Å². The van der Waals surface area contributed by atoms with E-state index in [1.165, 1.54) is 30.5 Å². The minimum Gasteiger partial charge on any atom is -0.435 e. The van der Waals surface area contributed by atoms with E-state index in [0.717, 1.165) is 5.69 Å². The highest BCUT2D eigenvalue weighted by Gasteiger charge is 2.12. The average molecular weight is 281 g/mol. The third-order valence-corrected chi connectivity index (χ3v) is 2.80. The molecule has 0 aliphatic rings. The lowest BCUT2D eigenvalue weighted by molar-refractivity contribution is -0.0498. The van der Waals surface area contributed by atoms with Gasteiger partial charge >= 0.3 is 6.61 Å². The van der Waals surface area contributed by atoms with E-state index in [9.17, 15) is 13.6 Å². The van der Waals surface area contributed by atoms with Crippen LogP contribution in [-0.4, -0.2) is 22.3 Å². The van der Waals surface area contributed by atoms with Crippen molar-refractivity contribution in [1.29, 1.82) is 0 Å². The maximum atomic E-state index is 12.1. The summed E-state index contributed by atoms with van der Waals surface area (Å²) in [6, 6.07) is 5.60. The highest BCUT2D eigenvalue weighted by atomic mass is 19.3. The van der Waals surface area contributed by atoms with E-state index in [0.29, 0.717) is 5.69 Å². The van der Waals surface area contributed by atoms with Crippen LogP contribution < -0.4 is 10.1 Å². The van der Waals surface area contributed by atoms with Crippen molar-refractivity contribution in [1.82, 2.24) is 9.78 Å². The number of hydrogen-bond donors (Lipinski definition) is 1. The molecule has 0 unspecified atom stereocenters. The first-order chi connectivity index (χ1) is 9.47. The minimum atomic E-state index is -2.92. The number of benzene rings is 1. The Hall–Kier alpha value is -2.44. The second-order valence-corrected chi connectivity index (χ2v) is 4.13. The van der Waals surface area contributed by atoms with Gasteiger partial charge < -0.3 is 10.1 Å². The molecule has 2 rings (SSSR count). The van der Waals surface area contributed by atoms with Crippen molar-refractivity contribution in [2.45, 2.75) is 13.5 Å². The van der Waals surface area contributed by atoms with Gasteiger partial charge in [-0.15, -0.1) is 0 Å². The van der Waals surface area contributed by atoms with Crippen LogP contribution in [0, 0.1) is 6.92 Å². The number of nitrogens with one attached hydrogen (secondary N) is 1. The van der Waals surface area contributed by atoms with Gasteiger partial charge in [0, 0.05) is 12.6 Å². The Labute approximate surface area is 114 Å². The molecule has 1 amide bonds. The number of amides is 1. The number of carbonyl (C=O) groups is 1. The molecule has 0 atom stereocenters. The molecule has 0 spiro atoms. The number of alkyl halides is 2. The molecule has 0 bridgehead atoms. The summed E-state index contributed by atoms with van der Waals surface area (Å²) in [5.41, 5.74) is 1.59. The molecule has 0 aliphatic heterocycles. The zero-order valence-electron chi connectivity index (χ0n) is 10.9. The van der Waals surface area contributed by atoms with Crippen molar-refractivity contribution in [3.8, 4) is 5.75 Å². The monoisotopic (exact) mass is 281 g/mol. The molecule has 5 nitrogen and oxygen atoms in total. The number of halogens is 2. The Morgan fingerprint density at radius 1 is 1.45 bits per heavy atom. The Morgan fingerprint density at radius 2 is 2.20 bits per heavy atom. The number of aromatic nitrogens is 2. The lowest BCUT2D eigenvalue weighted by atomic mass is 10.2. The van der Waals surface area contributed by atoms with E-state index in [2.05, 4.69) is 15.2 Å². The van der Waals surface area contributed by atoms with Gasteiger partial charge in [0.05, 0.1) is 17.6 Å². The van der Waals surface area contributed by atoms with E-state index in [1.54, 1.807) is 18.7 Å². The minimum absolute atomic E-state index is 0.0597. The molecule has 1 N–H and O–H groups in total. The molecule has 1 heterocycles. The number of ether oxygens (including phenoxy) is 1. The van der Waals surface area contributed by atoms with Crippen LogP contribution in [0.15, 0.2) is 30.5 Å². The van der Waals surface area contributed by atoms with E-state index in [4.69, 9.17) is 0 Å². The van der Waals surface area contributed by atoms with Crippen LogP contribution in [0.1, 0.15) is 16.1 Å². The molecule has 2 aromatic rings. The fourth-order valence-corrected chi connectivity index (χ4v) is 1.63. The highest BCUT2D eigenvalue weighted by molar-refractivity contribution is 6.04. The first-order valence-corrected chi connectivity index (χ1v) is 5.82. The SMILES string of the molecule is Cc1c(NC(=O)c2cccc(OC(F)F)c2)cnn1C. The van der Waals surface area contributed by atoms with Gasteiger partial charge in [-0.2, -0.15) is 13.9 Å². The molecular weight excluding hydrogens is 268 g/mol. The molecule has 20 heavy (non-hydrogen) atoms. The van der Waals surface area contributed by atoms with Crippen LogP contribution in [0.2, 0.25) is 0 Å². The fraction of sp³-hybridized carbons (Fsp3) is 0.231. The van der Waals surface area contributed by atoms with E-state index < -0.39 is 12.5 Å². The Balaban J connectivity index is 2.15. The number of rotatable bonds is 4. The zero-order chi connectivity index (χ0) is 14.7. The second kappa shape index (κ2) is 5.68. The third-order valence-electron chi connectivity index (χ3n) is 2.80. The topological polar surface area (TPSA) is 56.1 Å². The molecule has 1 aromatic carbocycles. The largest absolute Gasteiger partial charge is 0.435 e. The van der Waals surface area contributed by atoms with Gasteiger partial charge in [-0.3, -0.25) is 9.48 Å². The standard InChI is InChI=1S/C13H13F2N3O2/c1-8-11(7-16-18(8)2)17-12(19)9-4-3-5-10(6-9)20-13(14)15/h3-7,13H,1-2H3,(H,17,19). The predicted octanol–water partition coefficient (Wildman–Crippen LogP) is 2.58. The van der Waals surface area contributed by atoms with Crippen LogP contribution in [0.25, 0.3) is 0 Å². The summed E-state index contributed by atoms with van der Waals surface area (Å²) in [5.74, 6) is -0.476. The van der Waals surface area contributed by atoms with Gasteiger partial charge in [-0.25, -0.2) is 0 Å². The first kappa shape index (κ1) is 14.0. The van der Waals surface area contributed by atoms with Crippen molar-refractivity contribution >= 4 is 11.6 Å². The third kappa shape index (κ3) is 3.11. The van der Waals surface area contributed by atoms with Crippen LogP contribution in [0.5, 0.6) is 5.75 Å². The van der Waals surface area contributed by atoms with Gasteiger partial charge in [0.25, 0.3) is 5.91 Å². The number of nitrogens with zero attached hydrogens (tertiary/aromatic N) is 2. The molecule has 7 heteroatoms. The number of hydrogen-bond acceptors (Lipinski definition) is 3. The van der Waals surface area contributed by atoms with E-state index in [-0.39, 0.29) is 11.3 Å². The number of anilines is 1. The summed E-state index contributed by atoms with van der Waals surface area (Å²) in [4.78, 5) is 12.0. The molecular formula is C13H13F2N3O2. The number of carbonyl (C=O) groups excluding carboxylic acids is 1. The molecule has 1 aromatic heterocycles. The first-order valence-electron chi connectivity index (χ1n) is 5.82. The second-order valence-electron chi connectivity index (χ2n) is 4.13. The van der Waals surface area contributed by atoms with E-state index >= 15 is 0 Å². The van der Waals surface area contributed by atoms with Gasteiger partial charge in [0.1, 0.15) is 5.75 Å². The maximum absolute atomic E-state index is 12.1. The molecule has 0 fully saturated rings. The maximum Gasteiger partial charge on any atom is 0.387 e. The van der Waals surface area contributed by atoms with Crippen molar-refractivity contribution in [3.05, 3.63) is 41.7 Å². The molecule has 0 saturated heterocycles.